The number of fused-ring (bicyclic) bond motifs is 1. The van der Waals surface area contributed by atoms with Gasteiger partial charge in [0.2, 0.25) is 0 Å². The number of thiazole rings is 1. The summed E-state index contributed by atoms with van der Waals surface area (Å²) in [6.45, 7) is 5.99. The van der Waals surface area contributed by atoms with Crippen LogP contribution in [0.2, 0.25) is 0 Å². The van der Waals surface area contributed by atoms with E-state index in [0.717, 1.165) is 5.56 Å². The van der Waals surface area contributed by atoms with Gasteiger partial charge < -0.3 is 14.2 Å². The fourth-order valence-corrected chi connectivity index (χ4v) is 5.86. The molecule has 0 unspecified atom stereocenters. The second kappa shape index (κ2) is 12.9. The highest BCUT2D eigenvalue weighted by atomic mass is 32.1. The number of halogens is 1. The molecule has 218 valence electrons. The molecule has 2 heterocycles. The molecular formula is C33H28FN3O5S. The first kappa shape index (κ1) is 29.5. The van der Waals surface area contributed by atoms with E-state index in [4.69, 9.17) is 14.2 Å². The van der Waals surface area contributed by atoms with Gasteiger partial charge in [-0.2, -0.15) is 5.26 Å². The van der Waals surface area contributed by atoms with Gasteiger partial charge in [0, 0.05) is 5.56 Å². The summed E-state index contributed by atoms with van der Waals surface area (Å²) >= 11 is 1.19. The van der Waals surface area contributed by atoms with Crippen LogP contribution in [-0.4, -0.2) is 23.8 Å². The van der Waals surface area contributed by atoms with Gasteiger partial charge in [0.25, 0.3) is 5.56 Å². The monoisotopic (exact) mass is 597 g/mol. The zero-order valence-corrected chi connectivity index (χ0v) is 24.6. The zero-order chi connectivity index (χ0) is 30.5. The molecule has 43 heavy (non-hydrogen) atoms. The maximum Gasteiger partial charge on any atom is 0.338 e. The number of hydrogen-bond acceptors (Lipinski definition) is 8. The number of esters is 1. The first-order chi connectivity index (χ1) is 20.8. The summed E-state index contributed by atoms with van der Waals surface area (Å²) in [7, 11) is 0. The van der Waals surface area contributed by atoms with Crippen LogP contribution in [-0.2, 0) is 16.1 Å². The number of nitriles is 1. The minimum absolute atomic E-state index is 0.156. The highest BCUT2D eigenvalue weighted by Crippen LogP contribution is 2.32. The molecule has 10 heteroatoms. The topological polar surface area (TPSA) is 103 Å². The van der Waals surface area contributed by atoms with Crippen LogP contribution < -0.4 is 24.4 Å². The summed E-state index contributed by atoms with van der Waals surface area (Å²) in [5.41, 5.74) is 2.85. The Morgan fingerprint density at radius 3 is 2.56 bits per heavy atom. The number of carbonyl (C=O) groups is 1. The first-order valence-electron chi connectivity index (χ1n) is 13.7. The molecule has 0 spiro atoms. The quantitative estimate of drug-likeness (QED) is 0.257. The van der Waals surface area contributed by atoms with E-state index in [2.05, 4.69) is 11.1 Å². The summed E-state index contributed by atoms with van der Waals surface area (Å²) in [5.74, 6) is -0.0228. The van der Waals surface area contributed by atoms with Gasteiger partial charge in [0.15, 0.2) is 16.3 Å². The molecule has 1 aromatic heterocycles. The third kappa shape index (κ3) is 6.12. The summed E-state index contributed by atoms with van der Waals surface area (Å²) in [5, 5.41) is 9.38. The van der Waals surface area contributed by atoms with Gasteiger partial charge in [-0.15, -0.1) is 0 Å². The molecule has 0 N–H and O–H groups in total. The molecule has 0 saturated carbocycles. The van der Waals surface area contributed by atoms with Gasteiger partial charge >= 0.3 is 5.97 Å². The average molecular weight is 598 g/mol. The van der Waals surface area contributed by atoms with Crippen LogP contribution in [0.1, 0.15) is 49.1 Å². The molecule has 1 aliphatic rings. The first-order valence-corrected chi connectivity index (χ1v) is 14.5. The van der Waals surface area contributed by atoms with Crippen molar-refractivity contribution in [3.63, 3.8) is 0 Å². The van der Waals surface area contributed by atoms with Crippen molar-refractivity contribution in [1.29, 1.82) is 5.26 Å². The lowest BCUT2D eigenvalue weighted by atomic mass is 9.96. The second-order valence-corrected chi connectivity index (χ2v) is 10.6. The van der Waals surface area contributed by atoms with Crippen molar-refractivity contribution in [3.05, 3.63) is 126 Å². The van der Waals surface area contributed by atoms with Gasteiger partial charge in [-0.3, -0.25) is 9.36 Å². The van der Waals surface area contributed by atoms with Crippen LogP contribution in [0.5, 0.6) is 11.5 Å². The molecule has 0 saturated heterocycles. The predicted octanol–water partition coefficient (Wildman–Crippen LogP) is 4.79. The van der Waals surface area contributed by atoms with Crippen LogP contribution >= 0.6 is 11.3 Å². The van der Waals surface area contributed by atoms with Crippen LogP contribution in [0, 0.1) is 17.1 Å². The molecule has 0 amide bonds. The fraction of sp³-hybridized carbons (Fsp3) is 0.212. The summed E-state index contributed by atoms with van der Waals surface area (Å²) in [4.78, 5) is 31.9. The Hall–Kier alpha value is -5.01. The lowest BCUT2D eigenvalue weighted by molar-refractivity contribution is -0.139. The van der Waals surface area contributed by atoms with E-state index in [1.807, 2.05) is 19.1 Å². The van der Waals surface area contributed by atoms with Crippen molar-refractivity contribution in [1.82, 2.24) is 4.57 Å². The SMILES string of the molecule is CCOC(=O)C1=C(C)N=c2s/c(=C\c3ccc(OCc4ccccc4C#N)c(OCC)c3)c(=O)n2[C@H]1c1ccc(F)cc1. The lowest BCUT2D eigenvalue weighted by Gasteiger charge is -2.24. The minimum atomic E-state index is -0.830. The normalized spacial score (nSPS) is 14.5. The number of rotatable bonds is 9. The third-order valence-corrected chi connectivity index (χ3v) is 7.77. The molecule has 0 aliphatic carbocycles. The largest absolute Gasteiger partial charge is 0.490 e. The number of nitrogens with zero attached hydrogens (tertiary/aromatic N) is 3. The zero-order valence-electron chi connectivity index (χ0n) is 23.8. The van der Waals surface area contributed by atoms with Gasteiger partial charge in [-0.25, -0.2) is 14.2 Å². The highest BCUT2D eigenvalue weighted by molar-refractivity contribution is 7.07. The molecule has 3 aromatic carbocycles. The van der Waals surface area contributed by atoms with Gasteiger partial charge in [0.05, 0.1) is 46.7 Å². The van der Waals surface area contributed by atoms with Crippen LogP contribution in [0.4, 0.5) is 4.39 Å². The molecule has 5 rings (SSSR count). The van der Waals surface area contributed by atoms with Crippen molar-refractivity contribution in [2.24, 2.45) is 4.99 Å². The molecule has 0 radical (unpaired) electrons. The van der Waals surface area contributed by atoms with Crippen LogP contribution in [0.25, 0.3) is 6.08 Å². The van der Waals surface area contributed by atoms with Gasteiger partial charge in [-0.1, -0.05) is 47.7 Å². The van der Waals surface area contributed by atoms with Gasteiger partial charge in [-0.05, 0) is 68.3 Å². The van der Waals surface area contributed by atoms with Crippen molar-refractivity contribution < 1.29 is 23.4 Å². The number of aromatic nitrogens is 1. The van der Waals surface area contributed by atoms with E-state index in [1.54, 1.807) is 62.4 Å². The number of carbonyl (C=O) groups excluding carboxylic acids is 1. The Labute approximate surface area is 251 Å². The number of ether oxygens (including phenoxy) is 3. The Balaban J connectivity index is 1.55. The smallest absolute Gasteiger partial charge is 0.338 e. The van der Waals surface area contributed by atoms with Crippen molar-refractivity contribution in [3.8, 4) is 17.6 Å². The van der Waals surface area contributed by atoms with Crippen molar-refractivity contribution in [2.75, 3.05) is 13.2 Å². The van der Waals surface area contributed by atoms with E-state index in [-0.39, 0.29) is 24.3 Å². The van der Waals surface area contributed by atoms with E-state index < -0.39 is 17.8 Å². The average Bonchev–Trinajstić information content (AvgIpc) is 3.30. The molecule has 0 bridgehead atoms. The Bertz CT molecular complexity index is 1940. The molecule has 1 aliphatic heterocycles. The number of allylic oxidation sites excluding steroid dienone is 1. The molecule has 4 aromatic rings. The molecular weight excluding hydrogens is 569 g/mol. The standard InChI is InChI=1S/C33H28FN3O5S/c1-4-40-27-16-21(10-15-26(27)42-19-24-9-7-6-8-23(24)18-35)17-28-31(38)37-30(22-11-13-25(34)14-12-22)29(32(39)41-5-2)20(3)36-33(37)43-28/h6-17,30H,4-5,19H2,1-3H3/b28-17-/t30-/m0/s1. The maximum atomic E-state index is 13.8. The maximum absolute atomic E-state index is 13.8. The third-order valence-electron chi connectivity index (χ3n) is 6.79. The second-order valence-electron chi connectivity index (χ2n) is 9.55. The van der Waals surface area contributed by atoms with Gasteiger partial charge in [0.1, 0.15) is 12.4 Å². The molecule has 1 atom stereocenters. The van der Waals surface area contributed by atoms with Crippen LogP contribution in [0.15, 0.2) is 87.8 Å². The van der Waals surface area contributed by atoms with E-state index >= 15 is 0 Å². The Morgan fingerprint density at radius 1 is 1.07 bits per heavy atom. The highest BCUT2D eigenvalue weighted by Gasteiger charge is 2.33. The Morgan fingerprint density at radius 2 is 1.84 bits per heavy atom. The summed E-state index contributed by atoms with van der Waals surface area (Å²) in [6, 6.07) is 19.6. The lowest BCUT2D eigenvalue weighted by Crippen LogP contribution is -2.39. The van der Waals surface area contributed by atoms with E-state index in [1.165, 1.54) is 28.0 Å². The van der Waals surface area contributed by atoms with Crippen molar-refractivity contribution >= 4 is 23.4 Å². The predicted molar refractivity (Wildman–Crippen MR) is 160 cm³/mol. The molecule has 0 fully saturated rings. The van der Waals surface area contributed by atoms with Crippen molar-refractivity contribution in [2.45, 2.75) is 33.4 Å². The number of hydrogen-bond donors (Lipinski definition) is 0. The number of benzene rings is 3. The summed E-state index contributed by atoms with van der Waals surface area (Å²) < 4.78 is 32.8. The molecule has 8 nitrogen and oxygen atoms in total. The minimum Gasteiger partial charge on any atom is -0.490 e. The fourth-order valence-electron chi connectivity index (χ4n) is 4.82. The van der Waals surface area contributed by atoms with E-state index in [9.17, 15) is 19.2 Å². The Kier molecular flexibility index (Phi) is 8.83. The summed E-state index contributed by atoms with van der Waals surface area (Å²) in [6.07, 6.45) is 1.73. The van der Waals surface area contributed by atoms with Crippen LogP contribution in [0.3, 0.4) is 0 Å². The van der Waals surface area contributed by atoms with E-state index in [0.29, 0.717) is 49.8 Å².